The third kappa shape index (κ3) is 1.65. The first-order valence-corrected chi connectivity index (χ1v) is 5.60. The molecule has 0 amide bonds. The Labute approximate surface area is 94.7 Å². The predicted octanol–water partition coefficient (Wildman–Crippen LogP) is 3.57. The van der Waals surface area contributed by atoms with Gasteiger partial charge in [-0.3, -0.25) is 0 Å². The molecule has 0 aliphatic carbocycles. The molecule has 3 heteroatoms. The Balaban J connectivity index is 0.000000457. The minimum atomic E-state index is 0.712. The topological polar surface area (TPSA) is 57.6 Å². The monoisotopic (exact) mass is 215 g/mol. The fraction of sp³-hybridized carbons (Fsp3) is 0.231. The van der Waals surface area contributed by atoms with Crippen molar-refractivity contribution >= 4 is 27.6 Å². The second-order valence-electron chi connectivity index (χ2n) is 3.70. The maximum absolute atomic E-state index is 5.69. The summed E-state index contributed by atoms with van der Waals surface area (Å²) in [7, 11) is 0. The molecule has 3 aromatic rings. The van der Waals surface area contributed by atoms with Gasteiger partial charge in [0.05, 0.1) is 0 Å². The Morgan fingerprint density at radius 1 is 0.875 bits per heavy atom. The molecule has 0 fully saturated rings. The highest BCUT2D eigenvalue weighted by molar-refractivity contribution is 5.97. The lowest BCUT2D eigenvalue weighted by Gasteiger charge is -1.90. The molecule has 0 saturated carbocycles. The van der Waals surface area contributed by atoms with E-state index >= 15 is 0 Å². The minimum Gasteiger partial charge on any atom is -0.385 e. The van der Waals surface area contributed by atoms with Gasteiger partial charge in [-0.15, -0.1) is 0 Å². The normalized spacial score (nSPS) is 10.4. The summed E-state index contributed by atoms with van der Waals surface area (Å²) in [6.07, 6.45) is 0. The molecule has 0 radical (unpaired) electrons. The molecule has 0 atom stereocenters. The van der Waals surface area contributed by atoms with Crippen molar-refractivity contribution in [1.82, 2.24) is 9.97 Å². The van der Waals surface area contributed by atoms with E-state index in [1.54, 1.807) is 0 Å². The number of rotatable bonds is 0. The van der Waals surface area contributed by atoms with Crippen molar-refractivity contribution in [3.8, 4) is 0 Å². The Bertz CT molecular complexity index is 514. The van der Waals surface area contributed by atoms with Gasteiger partial charge in [-0.25, -0.2) is 0 Å². The second-order valence-corrected chi connectivity index (χ2v) is 3.70. The average Bonchev–Trinajstić information content (AvgIpc) is 2.76. The minimum absolute atomic E-state index is 0.712. The van der Waals surface area contributed by atoms with Crippen LogP contribution in [0.4, 0.5) is 5.82 Å². The summed E-state index contributed by atoms with van der Waals surface area (Å²) >= 11 is 0. The number of H-pyrrole nitrogens is 2. The van der Waals surface area contributed by atoms with Crippen LogP contribution in [0.15, 0.2) is 24.3 Å². The van der Waals surface area contributed by atoms with Gasteiger partial charge in [0, 0.05) is 27.5 Å². The van der Waals surface area contributed by atoms with Gasteiger partial charge in [0.1, 0.15) is 5.82 Å². The lowest BCUT2D eigenvalue weighted by atomic mass is 10.2. The van der Waals surface area contributed by atoms with E-state index in [0.29, 0.717) is 5.82 Å². The largest absolute Gasteiger partial charge is 0.385 e. The Kier molecular flexibility index (Phi) is 2.60. The van der Waals surface area contributed by atoms with Gasteiger partial charge >= 0.3 is 0 Å². The van der Waals surface area contributed by atoms with E-state index in [9.17, 15) is 0 Å². The van der Waals surface area contributed by atoms with Gasteiger partial charge in [0.15, 0.2) is 0 Å². The molecule has 0 saturated heterocycles. The number of aromatic nitrogens is 2. The van der Waals surface area contributed by atoms with Crippen molar-refractivity contribution in [2.24, 2.45) is 0 Å². The molecule has 0 bridgehead atoms. The first-order valence-electron chi connectivity index (χ1n) is 5.60. The Morgan fingerprint density at radius 2 is 1.44 bits per heavy atom. The first-order chi connectivity index (χ1) is 7.72. The smallest absolute Gasteiger partial charge is 0.101 e. The van der Waals surface area contributed by atoms with Gasteiger partial charge in [-0.2, -0.15) is 0 Å². The molecule has 16 heavy (non-hydrogen) atoms. The number of aryl methyl sites for hydroxylation is 1. The number of nitrogens with two attached hydrogens (primary N) is 1. The zero-order valence-corrected chi connectivity index (χ0v) is 9.89. The third-order valence-electron chi connectivity index (χ3n) is 2.52. The van der Waals surface area contributed by atoms with Crippen LogP contribution in [-0.4, -0.2) is 9.97 Å². The number of fused-ring (bicyclic) bond motifs is 2. The SMILES string of the molecule is CC.Cc1cc2cc3[nH]c(N)cc3cc2[nH]1. The summed E-state index contributed by atoms with van der Waals surface area (Å²) in [6, 6.07) is 8.31. The van der Waals surface area contributed by atoms with Gasteiger partial charge in [-0.1, -0.05) is 13.8 Å². The average molecular weight is 215 g/mol. The molecule has 2 aromatic heterocycles. The van der Waals surface area contributed by atoms with Crippen LogP contribution in [0.2, 0.25) is 0 Å². The fourth-order valence-corrected chi connectivity index (χ4v) is 1.93. The van der Waals surface area contributed by atoms with Crippen molar-refractivity contribution in [2.75, 3.05) is 5.73 Å². The Morgan fingerprint density at radius 3 is 2.12 bits per heavy atom. The lowest BCUT2D eigenvalue weighted by Crippen LogP contribution is -1.80. The number of anilines is 1. The number of nitrogen functional groups attached to an aromatic ring is 1. The molecule has 0 aliphatic heterocycles. The van der Waals surface area contributed by atoms with Crippen LogP contribution in [0, 0.1) is 6.92 Å². The van der Waals surface area contributed by atoms with Gasteiger partial charge < -0.3 is 15.7 Å². The first kappa shape index (κ1) is 10.6. The number of nitrogens with one attached hydrogen (secondary N) is 2. The molecule has 0 spiro atoms. The van der Waals surface area contributed by atoms with Crippen molar-refractivity contribution in [2.45, 2.75) is 20.8 Å². The van der Waals surface area contributed by atoms with Crippen LogP contribution in [0.5, 0.6) is 0 Å². The summed E-state index contributed by atoms with van der Waals surface area (Å²) < 4.78 is 0. The molecule has 3 nitrogen and oxygen atoms in total. The van der Waals surface area contributed by atoms with Crippen LogP contribution in [-0.2, 0) is 0 Å². The molecule has 2 heterocycles. The van der Waals surface area contributed by atoms with Crippen molar-refractivity contribution in [1.29, 1.82) is 0 Å². The van der Waals surface area contributed by atoms with Crippen LogP contribution in [0.25, 0.3) is 21.8 Å². The van der Waals surface area contributed by atoms with E-state index in [4.69, 9.17) is 5.73 Å². The van der Waals surface area contributed by atoms with Crippen molar-refractivity contribution < 1.29 is 0 Å². The van der Waals surface area contributed by atoms with E-state index in [2.05, 4.69) is 35.1 Å². The summed E-state index contributed by atoms with van der Waals surface area (Å²) in [4.78, 5) is 6.43. The quantitative estimate of drug-likeness (QED) is 0.527. The summed E-state index contributed by atoms with van der Waals surface area (Å²) in [6.45, 7) is 6.06. The zero-order chi connectivity index (χ0) is 11.7. The maximum atomic E-state index is 5.69. The molecular formula is C13H17N3. The molecule has 0 aliphatic rings. The molecule has 0 unspecified atom stereocenters. The zero-order valence-electron chi connectivity index (χ0n) is 9.89. The number of hydrogen-bond acceptors (Lipinski definition) is 1. The highest BCUT2D eigenvalue weighted by Crippen LogP contribution is 2.24. The third-order valence-corrected chi connectivity index (χ3v) is 2.52. The van der Waals surface area contributed by atoms with Gasteiger partial charge in [-0.05, 0) is 31.2 Å². The van der Waals surface area contributed by atoms with Crippen LogP contribution < -0.4 is 5.73 Å². The number of aromatic amines is 2. The standard InChI is InChI=1S/C11H11N3.C2H6/c1-6-2-7-3-10-8(4-9(7)13-6)5-11(12)14-10;1-2/h2-5,13-14H,12H2,1H3;1-2H3. The number of hydrogen-bond donors (Lipinski definition) is 3. The molecule has 84 valence electrons. The summed E-state index contributed by atoms with van der Waals surface area (Å²) in [5, 5.41) is 2.37. The van der Waals surface area contributed by atoms with Gasteiger partial charge in [0.25, 0.3) is 0 Å². The second kappa shape index (κ2) is 3.93. The Hall–Kier alpha value is -1.90. The van der Waals surface area contributed by atoms with Crippen LogP contribution >= 0.6 is 0 Å². The summed E-state index contributed by atoms with van der Waals surface area (Å²) in [5.41, 5.74) is 9.12. The van der Waals surface area contributed by atoms with E-state index in [1.807, 2.05) is 19.9 Å². The molecule has 1 aromatic carbocycles. The molecular weight excluding hydrogens is 198 g/mol. The summed E-state index contributed by atoms with van der Waals surface area (Å²) in [5.74, 6) is 0.712. The van der Waals surface area contributed by atoms with Crippen LogP contribution in [0.3, 0.4) is 0 Å². The van der Waals surface area contributed by atoms with Crippen LogP contribution in [0.1, 0.15) is 19.5 Å². The lowest BCUT2D eigenvalue weighted by molar-refractivity contribution is 1.30. The molecule has 3 rings (SSSR count). The van der Waals surface area contributed by atoms with Crippen molar-refractivity contribution in [3.05, 3.63) is 30.0 Å². The van der Waals surface area contributed by atoms with E-state index in [1.165, 1.54) is 11.1 Å². The van der Waals surface area contributed by atoms with E-state index < -0.39 is 0 Å². The van der Waals surface area contributed by atoms with Gasteiger partial charge in [0.2, 0.25) is 0 Å². The predicted molar refractivity (Wildman–Crippen MR) is 70.7 cm³/mol. The highest BCUT2D eigenvalue weighted by atomic mass is 14.8. The molecule has 4 N–H and O–H groups in total. The maximum Gasteiger partial charge on any atom is 0.101 e. The fourth-order valence-electron chi connectivity index (χ4n) is 1.93. The number of benzene rings is 1. The van der Waals surface area contributed by atoms with E-state index in [0.717, 1.165) is 16.4 Å². The highest BCUT2D eigenvalue weighted by Gasteiger charge is 2.02. The van der Waals surface area contributed by atoms with E-state index in [-0.39, 0.29) is 0 Å². The van der Waals surface area contributed by atoms with Crippen molar-refractivity contribution in [3.63, 3.8) is 0 Å².